The van der Waals surface area contributed by atoms with Crippen LogP contribution in [0.4, 0.5) is 5.69 Å². The van der Waals surface area contributed by atoms with Crippen molar-refractivity contribution in [2.24, 2.45) is 0 Å². The van der Waals surface area contributed by atoms with Crippen LogP contribution >= 0.6 is 11.8 Å². The van der Waals surface area contributed by atoms with Crippen LogP contribution in [-0.4, -0.2) is 27.2 Å². The lowest BCUT2D eigenvalue weighted by Crippen LogP contribution is -2.22. The van der Waals surface area contributed by atoms with E-state index in [4.69, 9.17) is 10.1 Å². The van der Waals surface area contributed by atoms with E-state index in [1.807, 2.05) is 6.07 Å². The number of carbonyl (C=O) groups excluding carboxylic acids is 1. The maximum atomic E-state index is 12.6. The minimum absolute atomic E-state index is 0.161. The third-order valence-corrected chi connectivity index (χ3v) is 6.05. The van der Waals surface area contributed by atoms with Crippen molar-refractivity contribution in [2.45, 2.75) is 55.7 Å². The smallest absolute Gasteiger partial charge is 0.335 e. The molecule has 1 heterocycles. The molecular weight excluding hydrogens is 386 g/mol. The molecule has 1 unspecified atom stereocenters. The van der Waals surface area contributed by atoms with Crippen molar-refractivity contribution in [1.29, 1.82) is 5.26 Å². The third kappa shape index (κ3) is 5.36. The molecule has 29 heavy (non-hydrogen) atoms. The Bertz CT molecular complexity index is 951. The van der Waals surface area contributed by atoms with Crippen LogP contribution in [0.25, 0.3) is 0 Å². The summed E-state index contributed by atoms with van der Waals surface area (Å²) >= 11 is 1.28. The highest BCUT2D eigenvalue weighted by molar-refractivity contribution is 8.00. The predicted molar refractivity (Wildman–Crippen MR) is 112 cm³/mol. The number of amides is 1. The molecule has 3 rings (SSSR count). The summed E-state index contributed by atoms with van der Waals surface area (Å²) in [4.78, 5) is 28.2. The number of aryl methyl sites for hydroxylation is 2. The Morgan fingerprint density at radius 1 is 1.17 bits per heavy atom. The number of hydrogen-bond donors (Lipinski definition) is 2. The Hall–Kier alpha value is -2.85. The molecule has 1 atom stereocenters. The lowest BCUT2D eigenvalue weighted by molar-refractivity contribution is -0.115. The van der Waals surface area contributed by atoms with Gasteiger partial charge in [-0.25, -0.2) is 9.78 Å². The van der Waals surface area contributed by atoms with E-state index in [1.165, 1.54) is 36.7 Å². The molecule has 1 aromatic carbocycles. The molecule has 2 N–H and O–H groups in total. The first-order chi connectivity index (χ1) is 14.0. The lowest BCUT2D eigenvalue weighted by Gasteiger charge is -2.17. The Balaban J connectivity index is 1.72. The van der Waals surface area contributed by atoms with Crippen LogP contribution in [0.2, 0.25) is 0 Å². The van der Waals surface area contributed by atoms with Crippen molar-refractivity contribution in [2.75, 3.05) is 5.32 Å². The molecule has 1 aliphatic carbocycles. The van der Waals surface area contributed by atoms with E-state index in [1.54, 1.807) is 19.1 Å². The highest BCUT2D eigenvalue weighted by Gasteiger charge is 2.20. The van der Waals surface area contributed by atoms with Crippen LogP contribution in [0.3, 0.4) is 0 Å². The molecule has 1 aliphatic rings. The number of carbonyl (C=O) groups is 2. The highest BCUT2D eigenvalue weighted by atomic mass is 32.2. The van der Waals surface area contributed by atoms with Gasteiger partial charge in [-0.15, -0.1) is 0 Å². The maximum absolute atomic E-state index is 12.6. The van der Waals surface area contributed by atoms with Crippen molar-refractivity contribution in [1.82, 2.24) is 4.98 Å². The number of nitrogens with zero attached hydrogens (tertiary/aromatic N) is 2. The first-order valence-electron chi connectivity index (χ1n) is 9.71. The largest absolute Gasteiger partial charge is 0.478 e. The fourth-order valence-corrected chi connectivity index (χ4v) is 4.19. The van der Waals surface area contributed by atoms with Gasteiger partial charge >= 0.3 is 5.97 Å². The number of anilines is 1. The summed E-state index contributed by atoms with van der Waals surface area (Å²) < 4.78 is 0. The lowest BCUT2D eigenvalue weighted by atomic mass is 9.96. The number of nitrogens with one attached hydrogen (secondary N) is 1. The number of benzene rings is 1. The van der Waals surface area contributed by atoms with Gasteiger partial charge in [0, 0.05) is 11.4 Å². The van der Waals surface area contributed by atoms with E-state index >= 15 is 0 Å². The second-order valence-electron chi connectivity index (χ2n) is 7.10. The van der Waals surface area contributed by atoms with Crippen LogP contribution in [0, 0.1) is 11.3 Å². The zero-order chi connectivity index (χ0) is 20.8. The summed E-state index contributed by atoms with van der Waals surface area (Å²) in [5.74, 6) is -1.24. The van der Waals surface area contributed by atoms with Gasteiger partial charge in [0.25, 0.3) is 0 Å². The first kappa shape index (κ1) is 20.9. The molecule has 0 saturated carbocycles. The van der Waals surface area contributed by atoms with Gasteiger partial charge in [0.05, 0.1) is 16.4 Å². The number of aromatic carboxylic acids is 1. The molecule has 1 aromatic heterocycles. The zero-order valence-corrected chi connectivity index (χ0v) is 17.1. The van der Waals surface area contributed by atoms with Gasteiger partial charge in [-0.05, 0) is 68.5 Å². The number of carboxylic acid groups (broad SMARTS) is 1. The number of nitriles is 1. The fourth-order valence-electron chi connectivity index (χ4n) is 3.30. The maximum Gasteiger partial charge on any atom is 0.335 e. The van der Waals surface area contributed by atoms with Crippen LogP contribution in [0.5, 0.6) is 0 Å². The summed E-state index contributed by atoms with van der Waals surface area (Å²) in [5, 5.41) is 21.4. The van der Waals surface area contributed by atoms with Crippen molar-refractivity contribution in [3.63, 3.8) is 0 Å². The van der Waals surface area contributed by atoms with E-state index in [0.29, 0.717) is 16.3 Å². The molecule has 7 heteroatoms. The van der Waals surface area contributed by atoms with Crippen LogP contribution < -0.4 is 5.32 Å². The molecule has 1 amide bonds. The topological polar surface area (TPSA) is 103 Å². The predicted octanol–water partition coefficient (Wildman–Crippen LogP) is 4.43. The minimum Gasteiger partial charge on any atom is -0.478 e. The number of thioether (sulfide) groups is 1. The molecule has 0 saturated heterocycles. The highest BCUT2D eigenvalue weighted by Crippen LogP contribution is 2.29. The molecular formula is C22H23N3O3S. The van der Waals surface area contributed by atoms with Gasteiger partial charge in [-0.3, -0.25) is 4.79 Å². The van der Waals surface area contributed by atoms with Gasteiger partial charge in [-0.2, -0.15) is 5.26 Å². The minimum atomic E-state index is -1.01. The molecule has 0 bridgehead atoms. The van der Waals surface area contributed by atoms with Crippen LogP contribution in [-0.2, 0) is 17.6 Å². The second-order valence-corrected chi connectivity index (χ2v) is 8.43. The van der Waals surface area contributed by atoms with Gasteiger partial charge in [0.2, 0.25) is 5.91 Å². The molecule has 0 spiro atoms. The van der Waals surface area contributed by atoms with E-state index in [-0.39, 0.29) is 11.5 Å². The summed E-state index contributed by atoms with van der Waals surface area (Å²) in [5.41, 5.74) is 3.40. The Kier molecular flexibility index (Phi) is 6.89. The zero-order valence-electron chi connectivity index (χ0n) is 16.3. The molecule has 0 radical (unpaired) electrons. The molecule has 150 valence electrons. The number of carboxylic acids is 1. The van der Waals surface area contributed by atoms with Crippen molar-refractivity contribution < 1.29 is 14.7 Å². The third-order valence-electron chi connectivity index (χ3n) is 4.94. The van der Waals surface area contributed by atoms with Gasteiger partial charge < -0.3 is 10.4 Å². The Labute approximate surface area is 174 Å². The first-order valence-corrected chi connectivity index (χ1v) is 10.6. The van der Waals surface area contributed by atoms with Crippen molar-refractivity contribution >= 4 is 29.3 Å². The van der Waals surface area contributed by atoms with E-state index in [9.17, 15) is 14.9 Å². The number of aromatic nitrogens is 1. The number of rotatable bonds is 5. The molecule has 0 aliphatic heterocycles. The SMILES string of the molecule is CC(Sc1nc2c(cc1C#N)CCCCCC2)C(=O)Nc1ccc(C(=O)O)cc1. The van der Waals surface area contributed by atoms with E-state index in [0.717, 1.165) is 36.9 Å². The monoisotopic (exact) mass is 409 g/mol. The van der Waals surface area contributed by atoms with E-state index in [2.05, 4.69) is 11.4 Å². The Morgan fingerprint density at radius 3 is 2.52 bits per heavy atom. The Morgan fingerprint density at radius 2 is 1.86 bits per heavy atom. The number of hydrogen-bond acceptors (Lipinski definition) is 5. The van der Waals surface area contributed by atoms with Crippen LogP contribution in [0.1, 0.15) is 59.8 Å². The molecule has 0 fully saturated rings. The second kappa shape index (κ2) is 9.57. The summed E-state index contributed by atoms with van der Waals surface area (Å²) in [6, 6.07) is 10.2. The molecule has 6 nitrogen and oxygen atoms in total. The van der Waals surface area contributed by atoms with Crippen LogP contribution in [0.15, 0.2) is 35.4 Å². The van der Waals surface area contributed by atoms with Crippen molar-refractivity contribution in [3.05, 3.63) is 52.7 Å². The summed E-state index contributed by atoms with van der Waals surface area (Å²) in [7, 11) is 0. The normalized spacial score (nSPS) is 14.6. The van der Waals surface area contributed by atoms with Gasteiger partial charge in [0.1, 0.15) is 11.1 Å². The number of fused-ring (bicyclic) bond motifs is 1. The summed E-state index contributed by atoms with van der Waals surface area (Å²) in [6.45, 7) is 1.77. The van der Waals surface area contributed by atoms with Crippen molar-refractivity contribution in [3.8, 4) is 6.07 Å². The fraction of sp³-hybridized carbons (Fsp3) is 0.364. The summed E-state index contributed by atoms with van der Waals surface area (Å²) in [6.07, 6.45) is 6.48. The van der Waals surface area contributed by atoms with Gasteiger partial charge in [0.15, 0.2) is 0 Å². The average Bonchev–Trinajstić information content (AvgIpc) is 2.69. The number of pyridine rings is 1. The van der Waals surface area contributed by atoms with E-state index < -0.39 is 11.2 Å². The van der Waals surface area contributed by atoms with Gasteiger partial charge in [-0.1, -0.05) is 24.6 Å². The standard InChI is InChI=1S/C22H23N3O3S/c1-14(20(26)24-18-10-8-15(9-11-18)22(27)28)29-21-17(13-23)12-16-6-4-2-3-5-7-19(16)25-21/h8-12,14H,2-7H2,1H3,(H,24,26)(H,27,28). The average molecular weight is 410 g/mol. The quantitative estimate of drug-likeness (QED) is 0.708. The molecule has 2 aromatic rings.